The van der Waals surface area contributed by atoms with Gasteiger partial charge in [-0.25, -0.2) is 4.39 Å². The van der Waals surface area contributed by atoms with Crippen LogP contribution in [0.15, 0.2) is 48.7 Å². The number of hydrogen-bond donors (Lipinski definition) is 1. The summed E-state index contributed by atoms with van der Waals surface area (Å²) in [5.74, 6) is 0.0685. The van der Waals surface area contributed by atoms with Crippen LogP contribution in [0.4, 0.5) is 4.39 Å². The van der Waals surface area contributed by atoms with Crippen LogP contribution in [-0.2, 0) is 10.2 Å². The predicted molar refractivity (Wildman–Crippen MR) is 113 cm³/mol. The van der Waals surface area contributed by atoms with Crippen LogP contribution in [0.2, 0.25) is 0 Å². The van der Waals surface area contributed by atoms with E-state index in [0.29, 0.717) is 36.5 Å². The number of aromatic nitrogens is 4. The second kappa shape index (κ2) is 6.33. The minimum Gasteiger partial charge on any atom is -0.340 e. The Balaban J connectivity index is 1.33. The summed E-state index contributed by atoms with van der Waals surface area (Å²) in [5, 5.41) is 16.0. The highest BCUT2D eigenvalue weighted by molar-refractivity contribution is 5.95. The molecule has 2 aromatic heterocycles. The lowest BCUT2D eigenvalue weighted by Gasteiger charge is -2.43. The molecule has 3 heterocycles. The Labute approximate surface area is 179 Å². The van der Waals surface area contributed by atoms with Gasteiger partial charge in [0.1, 0.15) is 11.2 Å². The van der Waals surface area contributed by atoms with Crippen molar-refractivity contribution in [1.29, 1.82) is 0 Å². The number of likely N-dealkylation sites (tertiary alicyclic amines) is 1. The van der Waals surface area contributed by atoms with Gasteiger partial charge in [0.05, 0.1) is 17.1 Å². The summed E-state index contributed by atoms with van der Waals surface area (Å²) >= 11 is 0. The van der Waals surface area contributed by atoms with E-state index in [9.17, 15) is 9.18 Å². The normalized spacial score (nSPS) is 24.4. The van der Waals surface area contributed by atoms with E-state index in [2.05, 4.69) is 27.0 Å². The number of hydrogen-bond acceptors (Lipinski definition) is 4. The number of benzene rings is 1. The molecule has 1 amide bonds. The van der Waals surface area contributed by atoms with Gasteiger partial charge in [-0.15, -0.1) is 0 Å². The molecule has 2 aliphatic carbocycles. The van der Waals surface area contributed by atoms with E-state index in [-0.39, 0.29) is 23.6 Å². The SMILES string of the molecule is C=C1[C@@H]2CC[C@@]1(C(=O)N1CC(c3n[nH]cc3C)C1)c1nnc(-c3ccccc3F)cc12. The van der Waals surface area contributed by atoms with Crippen molar-refractivity contribution in [2.24, 2.45) is 0 Å². The van der Waals surface area contributed by atoms with Crippen LogP contribution in [0, 0.1) is 12.7 Å². The number of nitrogens with one attached hydrogen (secondary N) is 1. The van der Waals surface area contributed by atoms with Gasteiger partial charge in [-0.3, -0.25) is 9.89 Å². The zero-order valence-corrected chi connectivity index (χ0v) is 17.2. The molecule has 1 aliphatic heterocycles. The molecule has 3 aliphatic rings. The first-order chi connectivity index (χ1) is 15.0. The Morgan fingerprint density at radius 1 is 1.29 bits per heavy atom. The zero-order valence-electron chi connectivity index (χ0n) is 17.2. The summed E-state index contributed by atoms with van der Waals surface area (Å²) in [5.41, 5.74) is 4.86. The minimum atomic E-state index is -0.799. The number of fused-ring (bicyclic) bond motifs is 5. The van der Waals surface area contributed by atoms with Gasteiger partial charge in [0.25, 0.3) is 0 Å². The number of rotatable bonds is 3. The molecule has 1 N–H and O–H groups in total. The fourth-order valence-corrected chi connectivity index (χ4v) is 5.62. The predicted octanol–water partition coefficient (Wildman–Crippen LogP) is 3.63. The van der Waals surface area contributed by atoms with Crippen molar-refractivity contribution in [3.63, 3.8) is 0 Å². The molecule has 3 aromatic rings. The van der Waals surface area contributed by atoms with Crippen LogP contribution >= 0.6 is 0 Å². The average Bonchev–Trinajstić information content (AvgIpc) is 3.38. The maximum Gasteiger partial charge on any atom is 0.239 e. The van der Waals surface area contributed by atoms with Crippen LogP contribution in [0.3, 0.4) is 0 Å². The molecule has 6 nitrogen and oxygen atoms in total. The zero-order chi connectivity index (χ0) is 21.3. The molecule has 156 valence electrons. The average molecular weight is 415 g/mol. The molecule has 0 spiro atoms. The highest BCUT2D eigenvalue weighted by atomic mass is 19.1. The molecule has 1 saturated carbocycles. The van der Waals surface area contributed by atoms with Crippen molar-refractivity contribution in [2.75, 3.05) is 13.1 Å². The van der Waals surface area contributed by atoms with Crippen molar-refractivity contribution in [3.05, 3.63) is 77.0 Å². The van der Waals surface area contributed by atoms with Crippen molar-refractivity contribution in [2.45, 2.75) is 37.0 Å². The van der Waals surface area contributed by atoms with Gasteiger partial charge >= 0.3 is 0 Å². The Morgan fingerprint density at radius 3 is 2.84 bits per heavy atom. The molecule has 6 rings (SSSR count). The second-order valence-corrected chi connectivity index (χ2v) is 8.90. The summed E-state index contributed by atoms with van der Waals surface area (Å²) in [6, 6.07) is 8.46. The van der Waals surface area contributed by atoms with Gasteiger partial charge in [0, 0.05) is 36.7 Å². The van der Waals surface area contributed by atoms with E-state index in [1.807, 2.05) is 24.1 Å². The molecule has 1 aromatic carbocycles. The summed E-state index contributed by atoms with van der Waals surface area (Å²) in [4.78, 5) is 15.6. The lowest BCUT2D eigenvalue weighted by Crippen LogP contribution is -2.55. The first-order valence-electron chi connectivity index (χ1n) is 10.6. The summed E-state index contributed by atoms with van der Waals surface area (Å²) in [6.45, 7) is 7.66. The van der Waals surface area contributed by atoms with E-state index < -0.39 is 5.41 Å². The number of carbonyl (C=O) groups excluding carboxylic acids is 1. The van der Waals surface area contributed by atoms with Gasteiger partial charge in [-0.2, -0.15) is 15.3 Å². The van der Waals surface area contributed by atoms with E-state index in [0.717, 1.165) is 28.8 Å². The van der Waals surface area contributed by atoms with Crippen LogP contribution < -0.4 is 0 Å². The fraction of sp³-hybridized carbons (Fsp3) is 0.333. The Hall–Kier alpha value is -3.35. The molecule has 7 heteroatoms. The fourth-order valence-electron chi connectivity index (χ4n) is 5.62. The highest BCUT2D eigenvalue weighted by Crippen LogP contribution is 2.60. The highest BCUT2D eigenvalue weighted by Gasteiger charge is 2.60. The molecule has 2 fully saturated rings. The second-order valence-electron chi connectivity index (χ2n) is 8.90. The van der Waals surface area contributed by atoms with Crippen LogP contribution in [0.1, 0.15) is 47.2 Å². The monoisotopic (exact) mass is 415 g/mol. The lowest BCUT2D eigenvalue weighted by molar-refractivity contribution is -0.140. The number of H-pyrrole nitrogens is 1. The molecule has 31 heavy (non-hydrogen) atoms. The third kappa shape index (κ3) is 2.37. The van der Waals surface area contributed by atoms with Gasteiger partial charge in [0.15, 0.2) is 0 Å². The van der Waals surface area contributed by atoms with E-state index in [4.69, 9.17) is 0 Å². The van der Waals surface area contributed by atoms with Gasteiger partial charge in [-0.05, 0) is 54.7 Å². The van der Waals surface area contributed by atoms with Crippen molar-refractivity contribution < 1.29 is 9.18 Å². The number of aryl methyl sites for hydroxylation is 1. The number of amides is 1. The Morgan fingerprint density at radius 2 is 2.10 bits per heavy atom. The van der Waals surface area contributed by atoms with Crippen LogP contribution in [0.25, 0.3) is 11.3 Å². The maximum absolute atomic E-state index is 14.3. The van der Waals surface area contributed by atoms with Crippen LogP contribution in [-0.4, -0.2) is 44.3 Å². The quantitative estimate of drug-likeness (QED) is 0.663. The molecule has 2 atom stereocenters. The first-order valence-corrected chi connectivity index (χ1v) is 10.6. The van der Waals surface area contributed by atoms with Gasteiger partial charge in [0.2, 0.25) is 5.91 Å². The maximum atomic E-state index is 14.3. The van der Waals surface area contributed by atoms with E-state index in [1.165, 1.54) is 6.07 Å². The van der Waals surface area contributed by atoms with E-state index >= 15 is 0 Å². The van der Waals surface area contributed by atoms with Crippen LogP contribution in [0.5, 0.6) is 0 Å². The molecule has 2 bridgehead atoms. The first kappa shape index (κ1) is 18.4. The third-order valence-electron chi connectivity index (χ3n) is 7.32. The smallest absolute Gasteiger partial charge is 0.239 e. The molecular formula is C24H22FN5O. The molecular weight excluding hydrogens is 393 g/mol. The van der Waals surface area contributed by atoms with Gasteiger partial charge in [-0.1, -0.05) is 18.7 Å². The third-order valence-corrected chi connectivity index (χ3v) is 7.32. The molecule has 0 unspecified atom stereocenters. The van der Waals surface area contributed by atoms with Crippen molar-refractivity contribution in [1.82, 2.24) is 25.3 Å². The summed E-state index contributed by atoms with van der Waals surface area (Å²) in [6.07, 6.45) is 3.45. The van der Waals surface area contributed by atoms with Gasteiger partial charge < -0.3 is 4.90 Å². The summed E-state index contributed by atoms with van der Waals surface area (Å²) in [7, 11) is 0. The number of carbonyl (C=O) groups is 1. The minimum absolute atomic E-state index is 0.0659. The number of nitrogens with zero attached hydrogens (tertiary/aromatic N) is 4. The van der Waals surface area contributed by atoms with Crippen molar-refractivity contribution >= 4 is 5.91 Å². The molecule has 1 saturated heterocycles. The largest absolute Gasteiger partial charge is 0.340 e. The number of halogens is 1. The number of aromatic amines is 1. The Bertz CT molecular complexity index is 1240. The van der Waals surface area contributed by atoms with Crippen molar-refractivity contribution in [3.8, 4) is 11.3 Å². The standard InChI is InChI=1S/C24H22FN5O/c1-13-10-26-28-21(13)15-11-30(12-15)23(31)24-8-7-16(14(24)2)18-9-20(27-29-22(18)24)17-5-3-4-6-19(17)25/h3-6,9-10,15-16H,2,7-8,11-12H2,1H3,(H,26,28)/t16-,24-/m0/s1. The topological polar surface area (TPSA) is 74.8 Å². The van der Waals surface area contributed by atoms with E-state index in [1.54, 1.807) is 18.2 Å². The molecule has 0 radical (unpaired) electrons. The summed E-state index contributed by atoms with van der Waals surface area (Å²) < 4.78 is 14.3. The Kier molecular flexibility index (Phi) is 3.76. The lowest BCUT2D eigenvalue weighted by atomic mass is 9.78.